The van der Waals surface area contributed by atoms with Gasteiger partial charge in [0.2, 0.25) is 0 Å². The van der Waals surface area contributed by atoms with Gasteiger partial charge in [-0.05, 0) is 36.2 Å². The maximum absolute atomic E-state index is 12.1. The van der Waals surface area contributed by atoms with Gasteiger partial charge in [-0.25, -0.2) is 13.8 Å². The molecule has 1 aromatic heterocycles. The third kappa shape index (κ3) is 5.52. The van der Waals surface area contributed by atoms with Gasteiger partial charge in [0.15, 0.2) is 5.96 Å². The van der Waals surface area contributed by atoms with Gasteiger partial charge in [-0.2, -0.15) is 11.3 Å². The van der Waals surface area contributed by atoms with Crippen LogP contribution in [-0.4, -0.2) is 37.1 Å². The zero-order chi connectivity index (χ0) is 14.3. The quantitative estimate of drug-likeness (QED) is 0.553. The van der Waals surface area contributed by atoms with Crippen LogP contribution in [0.5, 0.6) is 0 Å². The average Bonchev–Trinajstić information content (AvgIpc) is 2.87. The largest absolute Gasteiger partial charge is 0.383 e. The van der Waals surface area contributed by atoms with E-state index in [1.54, 1.807) is 6.92 Å². The van der Waals surface area contributed by atoms with E-state index in [9.17, 15) is 13.9 Å². The number of nitrogens with zero attached hydrogens (tertiary/aromatic N) is 1. The first-order valence-corrected chi connectivity index (χ1v) is 6.95. The van der Waals surface area contributed by atoms with Gasteiger partial charge in [-0.15, -0.1) is 0 Å². The average molecular weight is 291 g/mol. The standard InChI is InChI=1S/C12H19F2N3OS/c1-3-15-11(16-6-10(13)14)17-8-12(2,18)9-4-5-19-7-9/h4-5,7,10,18H,3,6,8H2,1-2H3,(H2,15,16,17). The Morgan fingerprint density at radius 3 is 2.79 bits per heavy atom. The number of nitrogens with one attached hydrogen (secondary N) is 2. The molecule has 0 aliphatic carbocycles. The molecule has 7 heteroatoms. The highest BCUT2D eigenvalue weighted by molar-refractivity contribution is 7.08. The fraction of sp³-hybridized carbons (Fsp3) is 0.583. The highest BCUT2D eigenvalue weighted by Gasteiger charge is 2.23. The Morgan fingerprint density at radius 1 is 1.53 bits per heavy atom. The van der Waals surface area contributed by atoms with Crippen LogP contribution in [0.1, 0.15) is 19.4 Å². The molecule has 0 aromatic carbocycles. The molecular formula is C12H19F2N3OS. The summed E-state index contributed by atoms with van der Waals surface area (Å²) < 4.78 is 24.3. The number of thiophene rings is 1. The molecule has 1 heterocycles. The topological polar surface area (TPSA) is 56.7 Å². The van der Waals surface area contributed by atoms with Crippen LogP contribution in [0.15, 0.2) is 21.8 Å². The van der Waals surface area contributed by atoms with Crippen molar-refractivity contribution in [2.24, 2.45) is 4.99 Å². The number of guanidine groups is 1. The van der Waals surface area contributed by atoms with E-state index in [-0.39, 0.29) is 12.5 Å². The molecule has 0 spiro atoms. The highest BCUT2D eigenvalue weighted by Crippen LogP contribution is 2.23. The SMILES string of the molecule is CCNC(=NCC(C)(O)c1ccsc1)NCC(F)F. The van der Waals surface area contributed by atoms with Crippen LogP contribution in [0.4, 0.5) is 8.78 Å². The first-order valence-electron chi connectivity index (χ1n) is 6.01. The molecule has 1 unspecified atom stereocenters. The lowest BCUT2D eigenvalue weighted by atomic mass is 10.00. The van der Waals surface area contributed by atoms with Crippen LogP contribution >= 0.6 is 11.3 Å². The van der Waals surface area contributed by atoms with Gasteiger partial charge >= 0.3 is 0 Å². The van der Waals surface area contributed by atoms with E-state index in [0.717, 1.165) is 5.56 Å². The van der Waals surface area contributed by atoms with Gasteiger partial charge in [0.25, 0.3) is 6.43 Å². The van der Waals surface area contributed by atoms with Crippen molar-refractivity contribution in [3.63, 3.8) is 0 Å². The Kier molecular flexibility index (Phi) is 6.17. The van der Waals surface area contributed by atoms with Crippen molar-refractivity contribution in [1.29, 1.82) is 0 Å². The Balaban J connectivity index is 2.63. The summed E-state index contributed by atoms with van der Waals surface area (Å²) in [6.07, 6.45) is -2.44. The van der Waals surface area contributed by atoms with Gasteiger partial charge in [-0.1, -0.05) is 0 Å². The molecule has 0 amide bonds. The second-order valence-electron chi connectivity index (χ2n) is 4.25. The molecule has 19 heavy (non-hydrogen) atoms. The van der Waals surface area contributed by atoms with Gasteiger partial charge in [-0.3, -0.25) is 0 Å². The van der Waals surface area contributed by atoms with Gasteiger partial charge in [0.05, 0.1) is 13.1 Å². The van der Waals surface area contributed by atoms with E-state index in [1.165, 1.54) is 11.3 Å². The van der Waals surface area contributed by atoms with Crippen LogP contribution in [-0.2, 0) is 5.60 Å². The summed E-state index contributed by atoms with van der Waals surface area (Å²) in [7, 11) is 0. The van der Waals surface area contributed by atoms with E-state index in [2.05, 4.69) is 15.6 Å². The second kappa shape index (κ2) is 7.40. The van der Waals surface area contributed by atoms with Crippen molar-refractivity contribution in [2.45, 2.75) is 25.9 Å². The second-order valence-corrected chi connectivity index (χ2v) is 5.03. The Morgan fingerprint density at radius 2 is 2.26 bits per heavy atom. The summed E-state index contributed by atoms with van der Waals surface area (Å²) in [5.41, 5.74) is -0.335. The third-order valence-electron chi connectivity index (χ3n) is 2.46. The third-order valence-corrected chi connectivity index (χ3v) is 3.14. The van der Waals surface area contributed by atoms with Crippen molar-refractivity contribution in [1.82, 2.24) is 10.6 Å². The minimum Gasteiger partial charge on any atom is -0.383 e. The molecule has 1 rings (SSSR count). The molecule has 1 aromatic rings. The smallest absolute Gasteiger partial charge is 0.255 e. The monoisotopic (exact) mass is 291 g/mol. The number of aliphatic hydroxyl groups is 1. The number of hydrogen-bond acceptors (Lipinski definition) is 3. The Labute approximate surface area is 115 Å². The van der Waals surface area contributed by atoms with E-state index < -0.39 is 18.6 Å². The van der Waals surface area contributed by atoms with E-state index in [1.807, 2.05) is 23.8 Å². The fourth-order valence-corrected chi connectivity index (χ4v) is 2.19. The van der Waals surface area contributed by atoms with Crippen molar-refractivity contribution < 1.29 is 13.9 Å². The van der Waals surface area contributed by atoms with E-state index in [4.69, 9.17) is 0 Å². The zero-order valence-corrected chi connectivity index (χ0v) is 11.8. The minimum atomic E-state index is -2.44. The number of aliphatic imine (C=N–C) groups is 1. The fourth-order valence-electron chi connectivity index (χ4n) is 1.41. The van der Waals surface area contributed by atoms with Crippen LogP contribution in [0.2, 0.25) is 0 Å². The molecule has 0 radical (unpaired) electrons. The summed E-state index contributed by atoms with van der Waals surface area (Å²) in [5, 5.41) is 19.3. The zero-order valence-electron chi connectivity index (χ0n) is 11.0. The van der Waals surface area contributed by atoms with Gasteiger partial charge < -0.3 is 15.7 Å². The molecular weight excluding hydrogens is 272 g/mol. The molecule has 4 nitrogen and oxygen atoms in total. The normalized spacial score (nSPS) is 15.4. The van der Waals surface area contributed by atoms with Crippen LogP contribution in [0.25, 0.3) is 0 Å². The van der Waals surface area contributed by atoms with E-state index in [0.29, 0.717) is 6.54 Å². The molecule has 0 saturated carbocycles. The lowest BCUT2D eigenvalue weighted by molar-refractivity contribution is 0.0677. The van der Waals surface area contributed by atoms with Gasteiger partial charge in [0.1, 0.15) is 5.60 Å². The van der Waals surface area contributed by atoms with Crippen molar-refractivity contribution in [3.05, 3.63) is 22.4 Å². The van der Waals surface area contributed by atoms with Gasteiger partial charge in [0, 0.05) is 6.54 Å². The first-order chi connectivity index (χ1) is 8.95. The minimum absolute atomic E-state index is 0.0995. The summed E-state index contributed by atoms with van der Waals surface area (Å²) in [6.45, 7) is 3.69. The first kappa shape index (κ1) is 15.8. The Hall–Kier alpha value is -1.21. The van der Waals surface area contributed by atoms with Crippen LogP contribution < -0.4 is 10.6 Å². The number of rotatable bonds is 6. The van der Waals surface area contributed by atoms with E-state index >= 15 is 0 Å². The number of alkyl halides is 2. The number of halogens is 2. The summed E-state index contributed by atoms with van der Waals surface area (Å²) in [5.74, 6) is 0.276. The van der Waals surface area contributed by atoms with Crippen molar-refractivity contribution >= 4 is 17.3 Å². The number of hydrogen-bond donors (Lipinski definition) is 3. The molecule has 3 N–H and O–H groups in total. The predicted molar refractivity (Wildman–Crippen MR) is 73.9 cm³/mol. The molecule has 0 fully saturated rings. The lowest BCUT2D eigenvalue weighted by Crippen LogP contribution is -2.40. The molecule has 108 valence electrons. The maximum atomic E-state index is 12.1. The highest BCUT2D eigenvalue weighted by atomic mass is 32.1. The molecule has 0 aliphatic rings. The molecule has 0 bridgehead atoms. The van der Waals surface area contributed by atoms with Crippen LogP contribution in [0.3, 0.4) is 0 Å². The molecule has 0 aliphatic heterocycles. The van der Waals surface area contributed by atoms with Crippen molar-refractivity contribution in [2.75, 3.05) is 19.6 Å². The van der Waals surface area contributed by atoms with Crippen molar-refractivity contribution in [3.8, 4) is 0 Å². The Bertz CT molecular complexity index is 394. The summed E-state index contributed by atoms with van der Waals surface area (Å²) in [4.78, 5) is 4.13. The predicted octanol–water partition coefficient (Wildman–Crippen LogP) is 1.78. The molecule has 0 saturated heterocycles. The summed E-state index contributed by atoms with van der Waals surface area (Å²) >= 11 is 1.49. The summed E-state index contributed by atoms with van der Waals surface area (Å²) in [6, 6.07) is 1.82. The lowest BCUT2D eigenvalue weighted by Gasteiger charge is -2.21. The maximum Gasteiger partial charge on any atom is 0.255 e. The molecule has 1 atom stereocenters. The van der Waals surface area contributed by atoms with Crippen LogP contribution in [0, 0.1) is 0 Å².